The van der Waals surface area contributed by atoms with Crippen molar-refractivity contribution in [3.8, 4) is 5.75 Å². The Balaban J connectivity index is 1.94. The Kier molecular flexibility index (Phi) is 4.90. The van der Waals surface area contributed by atoms with Gasteiger partial charge in [-0.2, -0.15) is 0 Å². The summed E-state index contributed by atoms with van der Waals surface area (Å²) in [5.74, 6) is -0.427. The van der Waals surface area contributed by atoms with Gasteiger partial charge in [-0.25, -0.2) is 9.59 Å². The lowest BCUT2D eigenvalue weighted by Crippen LogP contribution is -2.08. The van der Waals surface area contributed by atoms with Crippen LogP contribution in [0.15, 0.2) is 56.1 Å². The van der Waals surface area contributed by atoms with Crippen LogP contribution in [0, 0.1) is 0 Å². The van der Waals surface area contributed by atoms with Gasteiger partial charge < -0.3 is 14.3 Å². The Morgan fingerprint density at radius 2 is 1.96 bits per heavy atom. The summed E-state index contributed by atoms with van der Waals surface area (Å²) >= 11 is 3.31. The van der Waals surface area contributed by atoms with E-state index in [-0.39, 0.29) is 17.9 Å². The van der Waals surface area contributed by atoms with E-state index < -0.39 is 11.6 Å². The molecule has 0 aliphatic carbocycles. The van der Waals surface area contributed by atoms with Crippen LogP contribution in [0.5, 0.6) is 5.75 Å². The van der Waals surface area contributed by atoms with Crippen LogP contribution in [0.4, 0.5) is 0 Å². The van der Waals surface area contributed by atoms with Crippen molar-refractivity contribution in [2.45, 2.75) is 20.0 Å². The monoisotopic (exact) mass is 402 g/mol. The Labute approximate surface area is 152 Å². The van der Waals surface area contributed by atoms with E-state index in [1.165, 1.54) is 12.1 Å². The molecule has 25 heavy (non-hydrogen) atoms. The number of carbonyl (C=O) groups excluding carboxylic acids is 1. The molecule has 1 N–H and O–H groups in total. The van der Waals surface area contributed by atoms with Gasteiger partial charge in [0.2, 0.25) is 0 Å². The van der Waals surface area contributed by atoms with E-state index in [0.29, 0.717) is 27.4 Å². The SMILES string of the molecule is CCc1cc2c(COC(=O)c3ccccc3Br)cc(=O)oc2cc1O. The lowest BCUT2D eigenvalue weighted by Gasteiger charge is -2.10. The van der Waals surface area contributed by atoms with E-state index in [4.69, 9.17) is 9.15 Å². The summed E-state index contributed by atoms with van der Waals surface area (Å²) in [4.78, 5) is 24.0. The van der Waals surface area contributed by atoms with Crippen LogP contribution in [0.25, 0.3) is 11.0 Å². The number of phenolic OH excluding ortho intramolecular Hbond substituents is 1. The van der Waals surface area contributed by atoms with E-state index in [2.05, 4.69) is 15.9 Å². The van der Waals surface area contributed by atoms with Crippen LogP contribution in [-0.4, -0.2) is 11.1 Å². The van der Waals surface area contributed by atoms with Crippen LogP contribution in [0.3, 0.4) is 0 Å². The van der Waals surface area contributed by atoms with Gasteiger partial charge in [-0.05, 0) is 46.1 Å². The highest BCUT2D eigenvalue weighted by Gasteiger charge is 2.14. The Morgan fingerprint density at radius 1 is 1.20 bits per heavy atom. The smallest absolute Gasteiger partial charge is 0.339 e. The number of hydrogen-bond acceptors (Lipinski definition) is 5. The van der Waals surface area contributed by atoms with E-state index in [1.54, 1.807) is 30.3 Å². The molecule has 0 unspecified atom stereocenters. The molecule has 1 heterocycles. The average molecular weight is 403 g/mol. The summed E-state index contributed by atoms with van der Waals surface area (Å²) in [6, 6.07) is 11.4. The maximum Gasteiger partial charge on any atom is 0.339 e. The summed E-state index contributed by atoms with van der Waals surface area (Å²) < 4.78 is 11.1. The first-order valence-electron chi connectivity index (χ1n) is 7.70. The van der Waals surface area contributed by atoms with Gasteiger partial charge in [0.25, 0.3) is 0 Å². The molecular formula is C19H15BrO5. The first-order chi connectivity index (χ1) is 12.0. The summed E-state index contributed by atoms with van der Waals surface area (Å²) in [6.45, 7) is 1.84. The number of phenols is 1. The van der Waals surface area contributed by atoms with E-state index in [0.717, 1.165) is 5.56 Å². The Morgan fingerprint density at radius 3 is 2.68 bits per heavy atom. The minimum atomic E-state index is -0.567. The van der Waals surface area contributed by atoms with Gasteiger partial charge in [0.05, 0.1) is 5.56 Å². The Bertz CT molecular complexity index is 1010. The quantitative estimate of drug-likeness (QED) is 0.523. The third-order valence-corrected chi connectivity index (χ3v) is 4.55. The topological polar surface area (TPSA) is 76.7 Å². The number of esters is 1. The number of aryl methyl sites for hydroxylation is 1. The summed E-state index contributed by atoms with van der Waals surface area (Å²) in [5.41, 5.74) is 1.35. The zero-order valence-corrected chi connectivity index (χ0v) is 15.0. The first-order valence-corrected chi connectivity index (χ1v) is 8.49. The molecule has 0 aliphatic heterocycles. The van der Waals surface area contributed by atoms with Crippen molar-refractivity contribution in [1.82, 2.24) is 0 Å². The van der Waals surface area contributed by atoms with E-state index >= 15 is 0 Å². The minimum Gasteiger partial charge on any atom is -0.508 e. The molecular weight excluding hydrogens is 388 g/mol. The highest BCUT2D eigenvalue weighted by atomic mass is 79.9. The maximum atomic E-state index is 12.2. The molecule has 6 heteroatoms. The van der Waals surface area contributed by atoms with Gasteiger partial charge in [0, 0.05) is 27.6 Å². The van der Waals surface area contributed by atoms with Crippen LogP contribution in [0.1, 0.15) is 28.4 Å². The maximum absolute atomic E-state index is 12.2. The van der Waals surface area contributed by atoms with Gasteiger partial charge in [-0.1, -0.05) is 19.1 Å². The normalized spacial score (nSPS) is 10.8. The largest absolute Gasteiger partial charge is 0.508 e. The predicted octanol–water partition coefficient (Wildman–Crippen LogP) is 4.18. The summed E-state index contributed by atoms with van der Waals surface area (Å²) in [6.07, 6.45) is 0.622. The molecule has 0 saturated carbocycles. The van der Waals surface area contributed by atoms with Crippen molar-refractivity contribution in [3.63, 3.8) is 0 Å². The fraction of sp³-hybridized carbons (Fsp3) is 0.158. The van der Waals surface area contributed by atoms with Gasteiger partial charge in [-0.3, -0.25) is 0 Å². The third-order valence-electron chi connectivity index (χ3n) is 3.86. The zero-order chi connectivity index (χ0) is 18.0. The second-order valence-corrected chi connectivity index (χ2v) is 6.33. The molecule has 5 nitrogen and oxygen atoms in total. The van der Waals surface area contributed by atoms with Gasteiger partial charge in [0.15, 0.2) is 0 Å². The highest BCUT2D eigenvalue weighted by molar-refractivity contribution is 9.10. The van der Waals surface area contributed by atoms with Crippen molar-refractivity contribution in [2.75, 3.05) is 0 Å². The lowest BCUT2D eigenvalue weighted by molar-refractivity contribution is 0.0472. The fourth-order valence-electron chi connectivity index (χ4n) is 2.56. The number of fused-ring (bicyclic) bond motifs is 1. The first kappa shape index (κ1) is 17.2. The molecule has 0 atom stereocenters. The number of aromatic hydroxyl groups is 1. The van der Waals surface area contributed by atoms with Crippen molar-refractivity contribution in [3.05, 3.63) is 74.0 Å². The number of ether oxygens (including phenoxy) is 1. The number of hydrogen-bond donors (Lipinski definition) is 1. The number of benzene rings is 2. The molecule has 128 valence electrons. The van der Waals surface area contributed by atoms with Crippen LogP contribution in [-0.2, 0) is 17.8 Å². The van der Waals surface area contributed by atoms with Gasteiger partial charge >= 0.3 is 11.6 Å². The minimum absolute atomic E-state index is 0.0699. The average Bonchev–Trinajstić information content (AvgIpc) is 2.59. The number of rotatable bonds is 4. The van der Waals surface area contributed by atoms with Gasteiger partial charge in [0.1, 0.15) is 17.9 Å². The van der Waals surface area contributed by atoms with Crippen LogP contribution in [0.2, 0.25) is 0 Å². The second kappa shape index (κ2) is 7.11. The van der Waals surface area contributed by atoms with Gasteiger partial charge in [-0.15, -0.1) is 0 Å². The third kappa shape index (κ3) is 3.58. The molecule has 0 spiro atoms. The van der Waals surface area contributed by atoms with E-state index in [1.807, 2.05) is 6.92 Å². The van der Waals surface area contributed by atoms with Crippen molar-refractivity contribution < 1.29 is 19.1 Å². The number of halogens is 1. The fourth-order valence-corrected chi connectivity index (χ4v) is 3.00. The molecule has 3 aromatic rings. The molecule has 0 aliphatic rings. The van der Waals surface area contributed by atoms with E-state index in [9.17, 15) is 14.7 Å². The predicted molar refractivity (Wildman–Crippen MR) is 96.8 cm³/mol. The molecule has 0 fully saturated rings. The molecule has 0 radical (unpaired) electrons. The zero-order valence-electron chi connectivity index (χ0n) is 13.4. The summed E-state index contributed by atoms with van der Waals surface area (Å²) in [5, 5.41) is 10.6. The van der Waals surface area contributed by atoms with Crippen molar-refractivity contribution in [1.29, 1.82) is 0 Å². The second-order valence-electron chi connectivity index (χ2n) is 5.48. The van der Waals surface area contributed by atoms with Crippen molar-refractivity contribution >= 4 is 32.9 Å². The Hall–Kier alpha value is -2.60. The molecule has 0 bridgehead atoms. The standard InChI is InChI=1S/C19H15BrO5/c1-2-11-7-14-12(8-18(22)25-17(14)9-16(11)21)10-24-19(23)13-5-3-4-6-15(13)20/h3-9,21H,2,10H2,1H3. The summed E-state index contributed by atoms with van der Waals surface area (Å²) in [7, 11) is 0. The molecule has 0 amide bonds. The molecule has 0 saturated heterocycles. The molecule has 2 aromatic carbocycles. The molecule has 1 aromatic heterocycles. The lowest BCUT2D eigenvalue weighted by atomic mass is 10.0. The number of carbonyl (C=O) groups is 1. The van der Waals surface area contributed by atoms with Crippen LogP contribution < -0.4 is 5.63 Å². The highest BCUT2D eigenvalue weighted by Crippen LogP contribution is 2.27. The molecule has 3 rings (SSSR count). The van der Waals surface area contributed by atoms with Crippen LogP contribution >= 0.6 is 15.9 Å². The van der Waals surface area contributed by atoms with Crippen molar-refractivity contribution in [2.24, 2.45) is 0 Å².